The van der Waals surface area contributed by atoms with Crippen LogP contribution in [0.4, 0.5) is 5.82 Å². The van der Waals surface area contributed by atoms with Crippen LogP contribution in [0.5, 0.6) is 0 Å². The van der Waals surface area contributed by atoms with Crippen LogP contribution in [0.25, 0.3) is 11.2 Å². The number of hydrogen-bond acceptors (Lipinski definition) is 10. The summed E-state index contributed by atoms with van der Waals surface area (Å²) in [6, 6.07) is 3.10. The summed E-state index contributed by atoms with van der Waals surface area (Å²) >= 11 is 0. The fourth-order valence-corrected chi connectivity index (χ4v) is 1.88. The number of carbonyl (C=O) groups is 2. The molecule has 27 heavy (non-hydrogen) atoms. The van der Waals surface area contributed by atoms with E-state index in [1.54, 1.807) is 6.07 Å². The average molecular weight is 374 g/mol. The van der Waals surface area contributed by atoms with Crippen LogP contribution in [0.15, 0.2) is 37.2 Å². The summed E-state index contributed by atoms with van der Waals surface area (Å²) in [7, 11) is 0. The largest absolute Gasteiger partial charge is 0.459 e. The molecule has 0 aliphatic rings. The summed E-state index contributed by atoms with van der Waals surface area (Å²) < 4.78 is 4.75. The van der Waals surface area contributed by atoms with Crippen molar-refractivity contribution in [3.63, 3.8) is 0 Å². The molecule has 0 fully saturated rings. The Bertz CT molecular complexity index is 872. The molecule has 11 nitrogen and oxygen atoms in total. The van der Waals surface area contributed by atoms with E-state index in [1.165, 1.54) is 31.1 Å². The molecule has 142 valence electrons. The Morgan fingerprint density at radius 3 is 2.78 bits per heavy atom. The van der Waals surface area contributed by atoms with Gasteiger partial charge < -0.3 is 30.5 Å². The number of esters is 1. The van der Waals surface area contributed by atoms with Crippen molar-refractivity contribution in [1.29, 1.82) is 0 Å². The molecule has 0 aliphatic heterocycles. The van der Waals surface area contributed by atoms with Gasteiger partial charge in [-0.3, -0.25) is 4.98 Å². The quantitative estimate of drug-likeness (QED) is 0.324. The standard InChI is InChI=1S/C11H13NO5.C5H5N5/c13-5-3-9(14)10(15)7-17-11(16)8-2-1-4-12-6-8;6-4-3-5(9-1-7-3)10-2-8-4/h1-2,4-6,9-10,14-15H,3,7H2;1-2H,(H3,6,7,8,9,10)/t9-,10+;/m0./s1. The highest BCUT2D eigenvalue weighted by atomic mass is 16.5. The molecular formula is C16H18N6O5. The van der Waals surface area contributed by atoms with Crippen molar-refractivity contribution in [2.45, 2.75) is 18.6 Å². The molecule has 3 aromatic rings. The molecule has 0 radical (unpaired) electrons. The minimum absolute atomic E-state index is 0.203. The first-order valence-electron chi connectivity index (χ1n) is 7.79. The van der Waals surface area contributed by atoms with Gasteiger partial charge in [-0.1, -0.05) is 0 Å². The zero-order valence-corrected chi connectivity index (χ0v) is 14.1. The number of aromatic amines is 1. The van der Waals surface area contributed by atoms with Gasteiger partial charge in [0.15, 0.2) is 11.5 Å². The number of imidazole rings is 1. The monoisotopic (exact) mass is 374 g/mol. The second kappa shape index (κ2) is 9.89. The van der Waals surface area contributed by atoms with Crippen LogP contribution < -0.4 is 5.73 Å². The van der Waals surface area contributed by atoms with Gasteiger partial charge in [-0.25, -0.2) is 19.7 Å². The van der Waals surface area contributed by atoms with Crippen LogP contribution in [-0.4, -0.2) is 66.2 Å². The molecule has 0 spiro atoms. The topological polar surface area (TPSA) is 177 Å². The minimum Gasteiger partial charge on any atom is -0.459 e. The van der Waals surface area contributed by atoms with E-state index in [4.69, 9.17) is 10.5 Å². The molecule has 0 unspecified atom stereocenters. The number of aliphatic hydroxyl groups is 2. The van der Waals surface area contributed by atoms with E-state index >= 15 is 0 Å². The number of anilines is 1. The lowest BCUT2D eigenvalue weighted by Gasteiger charge is -2.15. The number of rotatable bonds is 6. The summed E-state index contributed by atoms with van der Waals surface area (Å²) in [5.74, 6) is -0.210. The van der Waals surface area contributed by atoms with Crippen LogP contribution in [0.1, 0.15) is 16.8 Å². The normalized spacial score (nSPS) is 12.5. The molecule has 5 N–H and O–H groups in total. The van der Waals surface area contributed by atoms with Crippen molar-refractivity contribution in [3.05, 3.63) is 42.7 Å². The Morgan fingerprint density at radius 1 is 1.30 bits per heavy atom. The highest BCUT2D eigenvalue weighted by Crippen LogP contribution is 2.09. The fourth-order valence-electron chi connectivity index (χ4n) is 1.88. The number of aromatic nitrogens is 5. The van der Waals surface area contributed by atoms with E-state index in [0.29, 0.717) is 23.3 Å². The predicted octanol–water partition coefficient (Wildman–Crippen LogP) is -0.516. The van der Waals surface area contributed by atoms with Gasteiger partial charge in [0.05, 0.1) is 18.0 Å². The van der Waals surface area contributed by atoms with Crippen molar-refractivity contribution in [2.24, 2.45) is 0 Å². The van der Waals surface area contributed by atoms with Crippen molar-refractivity contribution in [1.82, 2.24) is 24.9 Å². The number of nitrogens with zero attached hydrogens (tertiary/aromatic N) is 4. The summed E-state index contributed by atoms with van der Waals surface area (Å²) in [6.07, 6.45) is 3.54. The smallest absolute Gasteiger partial charge is 0.339 e. The number of pyridine rings is 1. The van der Waals surface area contributed by atoms with Crippen LogP contribution in [0.2, 0.25) is 0 Å². The molecule has 3 heterocycles. The third-order valence-electron chi connectivity index (χ3n) is 3.32. The molecule has 0 saturated carbocycles. The van der Waals surface area contributed by atoms with Gasteiger partial charge in [-0.2, -0.15) is 0 Å². The SMILES string of the molecule is Nc1ncnc2nc[nH]c12.O=CC[C@H](O)[C@H](O)COC(=O)c1cccnc1. The molecular weight excluding hydrogens is 356 g/mol. The summed E-state index contributed by atoms with van der Waals surface area (Å²) in [5, 5.41) is 18.6. The van der Waals surface area contributed by atoms with Crippen LogP contribution in [-0.2, 0) is 9.53 Å². The molecule has 0 aromatic carbocycles. The fraction of sp³-hybridized carbons (Fsp3) is 0.250. The number of nitrogens with one attached hydrogen (secondary N) is 1. The number of nitrogen functional groups attached to an aromatic ring is 1. The molecule has 3 aromatic heterocycles. The molecule has 0 aliphatic carbocycles. The number of H-pyrrole nitrogens is 1. The average Bonchev–Trinajstić information content (AvgIpc) is 3.17. The van der Waals surface area contributed by atoms with Crippen LogP contribution in [0.3, 0.4) is 0 Å². The molecule has 0 bridgehead atoms. The summed E-state index contributed by atoms with van der Waals surface area (Å²) in [4.78, 5) is 39.6. The van der Waals surface area contributed by atoms with E-state index < -0.39 is 18.2 Å². The van der Waals surface area contributed by atoms with E-state index in [2.05, 4.69) is 24.9 Å². The Kier molecular flexibility index (Phi) is 7.28. The Hall–Kier alpha value is -3.44. The number of aliphatic hydroxyl groups excluding tert-OH is 2. The first kappa shape index (κ1) is 19.9. The highest BCUT2D eigenvalue weighted by Gasteiger charge is 2.18. The van der Waals surface area contributed by atoms with Gasteiger partial charge in [-0.15, -0.1) is 0 Å². The van der Waals surface area contributed by atoms with E-state index in [-0.39, 0.29) is 18.6 Å². The first-order valence-corrected chi connectivity index (χ1v) is 7.79. The Labute approximate surface area is 153 Å². The maximum atomic E-state index is 11.4. The molecule has 11 heteroatoms. The first-order chi connectivity index (χ1) is 13.0. The van der Waals surface area contributed by atoms with Crippen molar-refractivity contribution >= 4 is 29.2 Å². The van der Waals surface area contributed by atoms with Crippen molar-refractivity contribution in [2.75, 3.05) is 12.3 Å². The number of carbonyl (C=O) groups excluding carboxylic acids is 2. The van der Waals surface area contributed by atoms with E-state index in [1.807, 2.05) is 0 Å². The predicted molar refractivity (Wildman–Crippen MR) is 93.3 cm³/mol. The number of fused-ring (bicyclic) bond motifs is 1. The van der Waals surface area contributed by atoms with Crippen LogP contribution >= 0.6 is 0 Å². The number of ether oxygens (including phenoxy) is 1. The van der Waals surface area contributed by atoms with Gasteiger partial charge in [0.1, 0.15) is 30.8 Å². The Morgan fingerprint density at radius 2 is 2.11 bits per heavy atom. The molecule has 0 amide bonds. The Balaban J connectivity index is 0.000000219. The molecule has 3 rings (SSSR count). The summed E-state index contributed by atoms with van der Waals surface area (Å²) in [5.41, 5.74) is 7.03. The number of nitrogens with two attached hydrogens (primary N) is 1. The lowest BCUT2D eigenvalue weighted by atomic mass is 10.1. The zero-order chi connectivity index (χ0) is 19.6. The van der Waals surface area contributed by atoms with Crippen LogP contribution in [0, 0.1) is 0 Å². The lowest BCUT2D eigenvalue weighted by Crippen LogP contribution is -2.31. The second-order valence-corrected chi connectivity index (χ2v) is 5.24. The second-order valence-electron chi connectivity index (χ2n) is 5.24. The lowest BCUT2D eigenvalue weighted by molar-refractivity contribution is -0.111. The van der Waals surface area contributed by atoms with Crippen molar-refractivity contribution in [3.8, 4) is 0 Å². The maximum absolute atomic E-state index is 11.4. The maximum Gasteiger partial charge on any atom is 0.339 e. The third-order valence-corrected chi connectivity index (χ3v) is 3.32. The van der Waals surface area contributed by atoms with Gasteiger partial charge in [0.25, 0.3) is 0 Å². The zero-order valence-electron chi connectivity index (χ0n) is 14.1. The van der Waals surface area contributed by atoms with Crippen molar-refractivity contribution < 1.29 is 24.5 Å². The minimum atomic E-state index is -1.28. The van der Waals surface area contributed by atoms with E-state index in [9.17, 15) is 19.8 Å². The summed E-state index contributed by atoms with van der Waals surface area (Å²) in [6.45, 7) is -0.372. The van der Waals surface area contributed by atoms with Gasteiger partial charge in [-0.05, 0) is 12.1 Å². The van der Waals surface area contributed by atoms with Gasteiger partial charge in [0.2, 0.25) is 0 Å². The van der Waals surface area contributed by atoms with Gasteiger partial charge in [0, 0.05) is 18.8 Å². The highest BCUT2D eigenvalue weighted by molar-refractivity contribution is 5.88. The molecule has 0 saturated heterocycles. The van der Waals surface area contributed by atoms with E-state index in [0.717, 1.165) is 0 Å². The third kappa shape index (κ3) is 5.80. The molecule has 2 atom stereocenters. The van der Waals surface area contributed by atoms with Gasteiger partial charge >= 0.3 is 5.97 Å². The number of aldehydes is 1. The number of hydrogen-bond donors (Lipinski definition) is 4.